The summed E-state index contributed by atoms with van der Waals surface area (Å²) in [5.74, 6) is 0. The molecule has 0 bridgehead atoms. The summed E-state index contributed by atoms with van der Waals surface area (Å²) in [6.07, 6.45) is 3.19. The van der Waals surface area contributed by atoms with E-state index in [2.05, 4.69) is 13.3 Å². The number of methoxy groups -OCH3 is 1. The third-order valence-corrected chi connectivity index (χ3v) is 0.573. The zero-order chi connectivity index (χ0) is 6.83. The first-order valence-electron chi connectivity index (χ1n) is 2.42. The topological polar surface area (TPSA) is 26.3 Å². The van der Waals surface area contributed by atoms with Crippen LogP contribution in [0.3, 0.4) is 0 Å². The Kier molecular flexibility index (Phi) is 22.1. The molecule has 0 rings (SSSR count). The second-order valence-electron chi connectivity index (χ2n) is 1.15. The summed E-state index contributed by atoms with van der Waals surface area (Å²) in [6, 6.07) is 0. The standard InChI is InChI=1S/C5H11O.O.Ti/c1-3-4-5-6-2;;/h4H,3,5H2,1-2H3;;/q-1;;+1. The fourth-order valence-electron chi connectivity index (χ4n) is 0.236. The summed E-state index contributed by atoms with van der Waals surface area (Å²) in [5, 5.41) is 0. The van der Waals surface area contributed by atoms with Gasteiger partial charge in [0.25, 0.3) is 0 Å². The quantitative estimate of drug-likeness (QED) is 0.343. The summed E-state index contributed by atoms with van der Waals surface area (Å²) in [6.45, 7) is 2.88. The van der Waals surface area contributed by atoms with Crippen molar-refractivity contribution >= 4 is 0 Å². The van der Waals surface area contributed by atoms with Crippen LogP contribution in [0.5, 0.6) is 0 Å². The van der Waals surface area contributed by atoms with Crippen molar-refractivity contribution in [2.45, 2.75) is 13.3 Å². The minimum atomic E-state index is 0.750. The van der Waals surface area contributed by atoms with Gasteiger partial charge in [-0.15, -0.1) is 0 Å². The fourth-order valence-corrected chi connectivity index (χ4v) is 0.236. The zero-order valence-electron chi connectivity index (χ0n) is 5.31. The summed E-state index contributed by atoms with van der Waals surface area (Å²) < 4.78 is 13.0. The summed E-state index contributed by atoms with van der Waals surface area (Å²) in [7, 11) is 1.70. The fraction of sp³-hybridized carbons (Fsp3) is 0.800. The van der Waals surface area contributed by atoms with Crippen LogP contribution in [0.1, 0.15) is 13.3 Å². The van der Waals surface area contributed by atoms with E-state index in [1.54, 1.807) is 7.11 Å². The molecule has 2 nitrogen and oxygen atoms in total. The van der Waals surface area contributed by atoms with Crippen molar-refractivity contribution in [3.8, 4) is 0 Å². The van der Waals surface area contributed by atoms with Crippen molar-refractivity contribution in [3.63, 3.8) is 0 Å². The Hall–Kier alpha value is 0.474. The van der Waals surface area contributed by atoms with E-state index in [0.717, 1.165) is 33.4 Å². The molecule has 0 aliphatic rings. The molecule has 3 heteroatoms. The molecule has 0 unspecified atom stereocenters. The molecule has 8 heavy (non-hydrogen) atoms. The van der Waals surface area contributed by atoms with Gasteiger partial charge in [-0.1, -0.05) is 13.5 Å². The van der Waals surface area contributed by atoms with Gasteiger partial charge in [-0.05, 0) is 0 Å². The molecule has 0 heterocycles. The Balaban J connectivity index is 0. The molecule has 47 valence electrons. The van der Waals surface area contributed by atoms with Gasteiger partial charge >= 0.3 is 23.7 Å². The molecule has 0 saturated heterocycles. The van der Waals surface area contributed by atoms with Crippen molar-refractivity contribution in [1.82, 2.24) is 0 Å². The Morgan fingerprint density at radius 1 is 1.62 bits per heavy atom. The van der Waals surface area contributed by atoms with Crippen LogP contribution >= 0.6 is 0 Å². The van der Waals surface area contributed by atoms with Gasteiger partial charge in [-0.25, -0.2) is 0 Å². The van der Waals surface area contributed by atoms with E-state index in [-0.39, 0.29) is 0 Å². The normalized spacial score (nSPS) is 7.50. The SMILES string of the molecule is CC[CH-]COC.[O]=[Ti+]. The van der Waals surface area contributed by atoms with E-state index in [9.17, 15) is 0 Å². The van der Waals surface area contributed by atoms with E-state index < -0.39 is 0 Å². The molecule has 0 atom stereocenters. The molecule has 0 N–H and O–H groups in total. The van der Waals surface area contributed by atoms with E-state index >= 15 is 0 Å². The van der Waals surface area contributed by atoms with Crippen LogP contribution in [0.4, 0.5) is 0 Å². The predicted molar refractivity (Wildman–Crippen MR) is 27.2 cm³/mol. The van der Waals surface area contributed by atoms with Crippen LogP contribution in [-0.2, 0) is 28.5 Å². The third kappa shape index (κ3) is 16.1. The second-order valence-corrected chi connectivity index (χ2v) is 1.15. The molecule has 0 amide bonds. The average Bonchev–Trinajstić information content (AvgIpc) is 1.88. The van der Waals surface area contributed by atoms with Gasteiger partial charge in [0.1, 0.15) is 0 Å². The molecule has 0 radical (unpaired) electrons. The van der Waals surface area contributed by atoms with Gasteiger partial charge in [-0.3, -0.25) is 0 Å². The van der Waals surface area contributed by atoms with Crippen LogP contribution in [-0.4, -0.2) is 13.7 Å². The molecular formula is C5H11O2Ti. The molecule has 0 aliphatic heterocycles. The van der Waals surface area contributed by atoms with Crippen LogP contribution in [0.15, 0.2) is 0 Å². The van der Waals surface area contributed by atoms with Gasteiger partial charge < -0.3 is 11.2 Å². The molecule has 0 aromatic rings. The van der Waals surface area contributed by atoms with E-state index in [0.29, 0.717) is 0 Å². The molecule has 0 fully saturated rings. The third-order valence-electron chi connectivity index (χ3n) is 0.573. The molecule has 0 aromatic heterocycles. The van der Waals surface area contributed by atoms with Crippen LogP contribution in [0.25, 0.3) is 0 Å². The number of hydrogen-bond donors (Lipinski definition) is 0. The first-order chi connectivity index (χ1) is 3.91. The van der Waals surface area contributed by atoms with Crippen LogP contribution in [0.2, 0.25) is 0 Å². The van der Waals surface area contributed by atoms with Crippen molar-refractivity contribution in [1.29, 1.82) is 0 Å². The Bertz CT molecular complexity index is 29.6. The van der Waals surface area contributed by atoms with Crippen molar-refractivity contribution < 1.29 is 28.5 Å². The van der Waals surface area contributed by atoms with Crippen molar-refractivity contribution in [2.75, 3.05) is 13.7 Å². The summed E-state index contributed by atoms with van der Waals surface area (Å²) >= 11 is 0.750. The first-order valence-corrected chi connectivity index (χ1v) is 3.06. The van der Waals surface area contributed by atoms with Crippen molar-refractivity contribution in [2.24, 2.45) is 0 Å². The zero-order valence-corrected chi connectivity index (χ0v) is 6.87. The summed E-state index contributed by atoms with van der Waals surface area (Å²) in [4.78, 5) is 0. The van der Waals surface area contributed by atoms with E-state index in [4.69, 9.17) is 8.06 Å². The van der Waals surface area contributed by atoms with Gasteiger partial charge in [-0.2, -0.15) is 6.42 Å². The minimum absolute atomic E-state index is 0.750. The van der Waals surface area contributed by atoms with Crippen molar-refractivity contribution in [3.05, 3.63) is 6.42 Å². The van der Waals surface area contributed by atoms with Crippen LogP contribution in [0, 0.1) is 6.42 Å². The maximum atomic E-state index is 8.25. The van der Waals surface area contributed by atoms with Crippen LogP contribution < -0.4 is 0 Å². The van der Waals surface area contributed by atoms with Gasteiger partial charge in [0.15, 0.2) is 0 Å². The van der Waals surface area contributed by atoms with Gasteiger partial charge in [0.2, 0.25) is 0 Å². The summed E-state index contributed by atoms with van der Waals surface area (Å²) in [5.41, 5.74) is 0. The van der Waals surface area contributed by atoms with E-state index in [1.165, 1.54) is 0 Å². The molecular weight excluding hydrogens is 140 g/mol. The molecule has 0 saturated carbocycles. The Morgan fingerprint density at radius 3 is 2.25 bits per heavy atom. The Morgan fingerprint density at radius 2 is 2.12 bits per heavy atom. The average molecular weight is 151 g/mol. The molecule has 0 aliphatic carbocycles. The monoisotopic (exact) mass is 151 g/mol. The number of ether oxygens (including phenoxy) is 1. The predicted octanol–water partition coefficient (Wildman–Crippen LogP) is 1.13. The second kappa shape index (κ2) is 15.6. The van der Waals surface area contributed by atoms with E-state index in [1.807, 2.05) is 0 Å². The molecule has 0 spiro atoms. The number of unbranched alkanes of at least 4 members (excludes halogenated alkanes) is 1. The number of rotatable bonds is 3. The number of hydrogen-bond acceptors (Lipinski definition) is 2. The molecule has 0 aromatic carbocycles. The Labute approximate surface area is 62.3 Å². The first kappa shape index (κ1) is 11.3. The van der Waals surface area contributed by atoms with Gasteiger partial charge in [0, 0.05) is 7.11 Å². The maximum absolute atomic E-state index is 8.25. The van der Waals surface area contributed by atoms with Gasteiger partial charge in [0.05, 0.1) is 0 Å².